The molecule has 0 aromatic heterocycles. The monoisotopic (exact) mass is 228 g/mol. The van der Waals surface area contributed by atoms with E-state index < -0.39 is 18.5 Å². The largest absolute Gasteiger partial charge is 0.394 e. The van der Waals surface area contributed by atoms with Crippen LogP contribution in [0.15, 0.2) is 18.2 Å². The van der Waals surface area contributed by atoms with E-state index in [9.17, 15) is 9.50 Å². The highest BCUT2D eigenvalue weighted by Gasteiger charge is 2.05. The molecule has 1 rings (SSSR count). The number of hydrogen-bond donors (Lipinski definition) is 3. The second kappa shape index (κ2) is 6.42. The van der Waals surface area contributed by atoms with Crippen molar-refractivity contribution in [2.75, 3.05) is 18.5 Å². The molecule has 3 N–H and O–H groups in total. The van der Waals surface area contributed by atoms with E-state index >= 15 is 0 Å². The summed E-state index contributed by atoms with van der Waals surface area (Å²) in [5.74, 6) is -0.414. The molecule has 0 spiro atoms. The average Bonchev–Trinajstić information content (AvgIpc) is 2.29. The zero-order valence-corrected chi connectivity index (χ0v) is 8.82. The molecule has 0 bridgehead atoms. The number of rotatable bonds is 6. The van der Waals surface area contributed by atoms with Gasteiger partial charge in [-0.3, -0.25) is 0 Å². The van der Waals surface area contributed by atoms with Gasteiger partial charge >= 0.3 is 0 Å². The quantitative estimate of drug-likeness (QED) is 0.677. The summed E-state index contributed by atoms with van der Waals surface area (Å²) in [6, 6.07) is 3.92. The average molecular weight is 228 g/mol. The summed E-state index contributed by atoms with van der Waals surface area (Å²) in [7, 11) is 0. The number of anilines is 1. The van der Waals surface area contributed by atoms with Gasteiger partial charge in [0.2, 0.25) is 0 Å². The number of aliphatic hydroxyl groups excluding tert-OH is 2. The van der Waals surface area contributed by atoms with Crippen LogP contribution in [0.25, 0.3) is 0 Å². The van der Waals surface area contributed by atoms with E-state index in [-0.39, 0.29) is 6.61 Å². The molecule has 1 aromatic rings. The fourth-order valence-corrected chi connectivity index (χ4v) is 1.30. The summed E-state index contributed by atoms with van der Waals surface area (Å²) < 4.78 is 12.9. The highest BCUT2D eigenvalue weighted by Crippen LogP contribution is 2.17. The Labute approximate surface area is 93.4 Å². The van der Waals surface area contributed by atoms with Crippen molar-refractivity contribution in [2.24, 2.45) is 0 Å². The highest BCUT2D eigenvalue weighted by atomic mass is 19.1. The van der Waals surface area contributed by atoms with Crippen molar-refractivity contribution in [1.82, 2.24) is 0 Å². The van der Waals surface area contributed by atoms with Crippen LogP contribution in [0.2, 0.25) is 0 Å². The summed E-state index contributed by atoms with van der Waals surface area (Å²) in [6.45, 7) is -0.359. The Bertz CT molecular complexity index is 333. The molecule has 0 unspecified atom stereocenters. The normalized spacial score (nSPS) is 12.5. The van der Waals surface area contributed by atoms with Gasteiger partial charge in [0.05, 0.1) is 12.7 Å². The molecule has 0 fully saturated rings. The number of nitrogens with one attached hydrogen (secondary N) is 1. The lowest BCUT2D eigenvalue weighted by Crippen LogP contribution is -2.17. The van der Waals surface area contributed by atoms with Crippen LogP contribution in [0.5, 0.6) is 0 Å². The lowest BCUT2D eigenvalue weighted by atomic mass is 10.1. The van der Waals surface area contributed by atoms with Crippen LogP contribution in [0.1, 0.15) is 12.0 Å². The third-order valence-electron chi connectivity index (χ3n) is 2.23. The molecular formula is C11H15FNO3. The first-order valence-electron chi connectivity index (χ1n) is 5.06. The molecule has 0 saturated heterocycles. The number of aliphatic hydroxyl groups is 2. The first-order valence-corrected chi connectivity index (χ1v) is 5.06. The number of hydrogen-bond acceptors (Lipinski definition) is 3. The Hall–Kier alpha value is -1.17. The zero-order valence-electron chi connectivity index (χ0n) is 8.82. The Morgan fingerprint density at radius 2 is 2.19 bits per heavy atom. The van der Waals surface area contributed by atoms with E-state index in [2.05, 4.69) is 5.32 Å². The molecule has 16 heavy (non-hydrogen) atoms. The van der Waals surface area contributed by atoms with Crippen LogP contribution in [-0.2, 0) is 11.7 Å². The molecule has 0 heterocycles. The van der Waals surface area contributed by atoms with Crippen molar-refractivity contribution in [1.29, 1.82) is 0 Å². The van der Waals surface area contributed by atoms with Crippen molar-refractivity contribution in [2.45, 2.75) is 19.1 Å². The second-order valence-electron chi connectivity index (χ2n) is 3.50. The smallest absolute Gasteiger partial charge is 0.125 e. The molecule has 4 nitrogen and oxygen atoms in total. The standard InChI is InChI=1S/C11H15FNO3/c12-9-2-1-8(6-14)11(5-9)13-4-3-10(16)7-15/h1-2,5,10,13,15-16H,3-4,6-7H2/t10-/m1/s1. The molecule has 1 radical (unpaired) electrons. The van der Waals surface area contributed by atoms with Crippen LogP contribution in [0.4, 0.5) is 10.1 Å². The van der Waals surface area contributed by atoms with Crippen LogP contribution >= 0.6 is 0 Å². The fraction of sp³-hybridized carbons (Fsp3) is 0.455. The van der Waals surface area contributed by atoms with Gasteiger partial charge in [-0.25, -0.2) is 9.50 Å². The van der Waals surface area contributed by atoms with Gasteiger partial charge < -0.3 is 15.5 Å². The molecule has 0 amide bonds. The van der Waals surface area contributed by atoms with Gasteiger partial charge in [0.1, 0.15) is 12.4 Å². The van der Waals surface area contributed by atoms with E-state index in [4.69, 9.17) is 10.2 Å². The van der Waals surface area contributed by atoms with Gasteiger partial charge in [-0.2, -0.15) is 0 Å². The predicted octanol–water partition coefficient (Wildman–Crippen LogP) is 0.911. The molecular weight excluding hydrogens is 213 g/mol. The Kier molecular flexibility index (Phi) is 5.18. The Balaban J connectivity index is 2.55. The summed E-state index contributed by atoms with van der Waals surface area (Å²) in [5.41, 5.74) is 0.931. The van der Waals surface area contributed by atoms with Gasteiger partial charge in [0.25, 0.3) is 0 Å². The third-order valence-corrected chi connectivity index (χ3v) is 2.23. The lowest BCUT2D eigenvalue weighted by molar-refractivity contribution is 0.0911. The molecule has 5 heteroatoms. The van der Waals surface area contributed by atoms with Crippen LogP contribution in [0.3, 0.4) is 0 Å². The van der Waals surface area contributed by atoms with Crippen LogP contribution in [0, 0.1) is 5.82 Å². The number of benzene rings is 1. The minimum Gasteiger partial charge on any atom is -0.394 e. The van der Waals surface area contributed by atoms with Crippen molar-refractivity contribution in [3.63, 3.8) is 0 Å². The molecule has 1 aromatic carbocycles. The Morgan fingerprint density at radius 3 is 2.81 bits per heavy atom. The molecule has 0 saturated carbocycles. The first-order chi connectivity index (χ1) is 7.67. The fourth-order valence-electron chi connectivity index (χ4n) is 1.30. The summed E-state index contributed by atoms with van der Waals surface area (Å²) in [5, 5.41) is 31.3. The van der Waals surface area contributed by atoms with E-state index in [1.807, 2.05) is 0 Å². The maximum Gasteiger partial charge on any atom is 0.125 e. The minimum atomic E-state index is -0.795. The topological polar surface area (TPSA) is 72.4 Å². The minimum absolute atomic E-state index is 0.306. The maximum absolute atomic E-state index is 12.9. The van der Waals surface area contributed by atoms with Crippen molar-refractivity contribution in [3.05, 3.63) is 29.6 Å². The van der Waals surface area contributed by atoms with Crippen molar-refractivity contribution < 1.29 is 19.7 Å². The Morgan fingerprint density at radius 1 is 1.44 bits per heavy atom. The highest BCUT2D eigenvalue weighted by molar-refractivity contribution is 5.51. The van der Waals surface area contributed by atoms with Gasteiger partial charge in [-0.1, -0.05) is 6.07 Å². The molecule has 0 aliphatic carbocycles. The molecule has 0 aliphatic rings. The third kappa shape index (κ3) is 3.77. The van der Waals surface area contributed by atoms with E-state index in [1.54, 1.807) is 0 Å². The maximum atomic E-state index is 12.9. The lowest BCUT2D eigenvalue weighted by Gasteiger charge is -2.12. The summed E-state index contributed by atoms with van der Waals surface area (Å²) >= 11 is 0. The van der Waals surface area contributed by atoms with Gasteiger partial charge in [-0.05, 0) is 18.6 Å². The molecule has 1 atom stereocenters. The first kappa shape index (κ1) is 12.9. The van der Waals surface area contributed by atoms with Crippen LogP contribution < -0.4 is 5.32 Å². The molecule has 89 valence electrons. The van der Waals surface area contributed by atoms with Crippen molar-refractivity contribution in [3.8, 4) is 0 Å². The van der Waals surface area contributed by atoms with Gasteiger partial charge in [0.15, 0.2) is 0 Å². The van der Waals surface area contributed by atoms with Gasteiger partial charge in [0, 0.05) is 17.8 Å². The van der Waals surface area contributed by atoms with Gasteiger partial charge in [-0.15, -0.1) is 0 Å². The number of halogens is 1. The summed E-state index contributed by atoms with van der Waals surface area (Å²) in [4.78, 5) is 0. The second-order valence-corrected chi connectivity index (χ2v) is 3.50. The zero-order chi connectivity index (χ0) is 12.0. The SMILES string of the molecule is [O]Cc1ccc(F)cc1NCC[C@@H](O)CO. The van der Waals surface area contributed by atoms with Crippen molar-refractivity contribution >= 4 is 5.69 Å². The van der Waals surface area contributed by atoms with E-state index in [1.165, 1.54) is 18.2 Å². The summed E-state index contributed by atoms with van der Waals surface area (Å²) in [6.07, 6.45) is -0.456. The van der Waals surface area contributed by atoms with E-state index in [0.29, 0.717) is 24.2 Å². The predicted molar refractivity (Wildman–Crippen MR) is 57.0 cm³/mol. The molecule has 0 aliphatic heterocycles. The van der Waals surface area contributed by atoms with E-state index in [0.717, 1.165) is 0 Å². The van der Waals surface area contributed by atoms with Crippen LogP contribution in [-0.4, -0.2) is 29.5 Å².